The predicted molar refractivity (Wildman–Crippen MR) is 114 cm³/mol. The van der Waals surface area contributed by atoms with Crippen LogP contribution in [0.5, 0.6) is 0 Å². The fraction of sp³-hybridized carbons (Fsp3) is 0.0833. The molecule has 4 aromatic rings. The molecule has 1 amide bonds. The summed E-state index contributed by atoms with van der Waals surface area (Å²) in [5, 5.41) is 0. The van der Waals surface area contributed by atoms with Gasteiger partial charge in [-0.1, -0.05) is 59.7 Å². The topological polar surface area (TPSA) is 34.4 Å². The van der Waals surface area contributed by atoms with Gasteiger partial charge in [-0.05, 0) is 47.9 Å². The molecule has 5 heteroatoms. The van der Waals surface area contributed by atoms with Crippen LogP contribution in [0.4, 0.5) is 4.39 Å². The van der Waals surface area contributed by atoms with Gasteiger partial charge in [-0.2, -0.15) is 4.99 Å². The first kappa shape index (κ1) is 18.9. The molecule has 0 N–H and O–H groups in total. The van der Waals surface area contributed by atoms with Gasteiger partial charge in [0.1, 0.15) is 5.82 Å². The molecule has 3 aromatic carbocycles. The lowest BCUT2D eigenvalue weighted by Gasteiger charge is -2.03. The van der Waals surface area contributed by atoms with E-state index in [1.165, 1.54) is 29.0 Å². The van der Waals surface area contributed by atoms with Crippen LogP contribution in [0.3, 0.4) is 0 Å². The van der Waals surface area contributed by atoms with Gasteiger partial charge in [-0.15, -0.1) is 6.42 Å². The van der Waals surface area contributed by atoms with E-state index in [-0.39, 0.29) is 18.3 Å². The zero-order valence-electron chi connectivity index (χ0n) is 15.5. The Morgan fingerprint density at radius 3 is 2.48 bits per heavy atom. The zero-order chi connectivity index (χ0) is 20.2. The van der Waals surface area contributed by atoms with Crippen molar-refractivity contribution in [3.05, 3.63) is 100 Å². The Morgan fingerprint density at radius 2 is 1.76 bits per heavy atom. The summed E-state index contributed by atoms with van der Waals surface area (Å²) < 4.78 is 16.0. The van der Waals surface area contributed by atoms with Gasteiger partial charge in [-0.25, -0.2) is 4.39 Å². The molecule has 0 spiro atoms. The van der Waals surface area contributed by atoms with Crippen LogP contribution in [0.15, 0.2) is 77.8 Å². The molecule has 0 aliphatic rings. The first-order valence-corrected chi connectivity index (χ1v) is 9.90. The number of hydrogen-bond donors (Lipinski definition) is 0. The molecule has 1 heterocycles. The van der Waals surface area contributed by atoms with Crippen LogP contribution >= 0.6 is 11.3 Å². The summed E-state index contributed by atoms with van der Waals surface area (Å²) in [6, 6.07) is 22.0. The average Bonchev–Trinajstić information content (AvgIpc) is 3.05. The number of fused-ring (bicyclic) bond motifs is 1. The maximum atomic E-state index is 13.5. The third-order valence-electron chi connectivity index (χ3n) is 4.54. The molecule has 29 heavy (non-hydrogen) atoms. The molecule has 0 saturated heterocycles. The second-order valence-electron chi connectivity index (χ2n) is 6.56. The van der Waals surface area contributed by atoms with Gasteiger partial charge in [0.15, 0.2) is 4.80 Å². The van der Waals surface area contributed by atoms with E-state index in [1.807, 2.05) is 30.3 Å². The molecule has 0 bridgehead atoms. The largest absolute Gasteiger partial charge is 0.305 e. The normalized spacial score (nSPS) is 11.5. The summed E-state index contributed by atoms with van der Waals surface area (Å²) in [5.74, 6) is 1.88. The van der Waals surface area contributed by atoms with E-state index in [9.17, 15) is 9.18 Å². The van der Waals surface area contributed by atoms with Crippen molar-refractivity contribution >= 4 is 27.5 Å². The van der Waals surface area contributed by atoms with Gasteiger partial charge >= 0.3 is 0 Å². The van der Waals surface area contributed by atoms with Crippen molar-refractivity contribution in [2.24, 2.45) is 4.99 Å². The van der Waals surface area contributed by atoms with Crippen molar-refractivity contribution in [1.82, 2.24) is 4.57 Å². The number of terminal acetylenes is 1. The highest BCUT2D eigenvalue weighted by atomic mass is 32.1. The Labute approximate surface area is 171 Å². The van der Waals surface area contributed by atoms with Gasteiger partial charge < -0.3 is 4.57 Å². The number of carbonyl (C=O) groups is 1. The molecule has 0 aliphatic heterocycles. The maximum absolute atomic E-state index is 13.5. The first-order chi connectivity index (χ1) is 14.1. The first-order valence-electron chi connectivity index (χ1n) is 9.08. The molecule has 0 radical (unpaired) electrons. The Bertz CT molecular complexity index is 1280. The standard InChI is InChI=1S/C24H17FN2OS/c1-2-14-27-21-13-12-20(25)16-22(21)29-24(27)26-23(28)19-10-8-18(9-11-19)15-17-6-4-3-5-7-17/h1,3-13,16H,14-15H2. The van der Waals surface area contributed by atoms with Crippen LogP contribution in [0.1, 0.15) is 21.5 Å². The molecular weight excluding hydrogens is 383 g/mol. The molecule has 4 rings (SSSR count). The lowest BCUT2D eigenvalue weighted by atomic mass is 10.0. The van der Waals surface area contributed by atoms with Crippen LogP contribution in [0.25, 0.3) is 10.2 Å². The van der Waals surface area contributed by atoms with Crippen molar-refractivity contribution in [2.45, 2.75) is 13.0 Å². The Balaban J connectivity index is 1.64. The third kappa shape index (κ3) is 4.18. The van der Waals surface area contributed by atoms with Gasteiger partial charge in [0.2, 0.25) is 0 Å². The number of nitrogens with zero attached hydrogens (tertiary/aromatic N) is 2. The number of thiazole rings is 1. The highest BCUT2D eigenvalue weighted by molar-refractivity contribution is 7.16. The minimum absolute atomic E-state index is 0.258. The smallest absolute Gasteiger partial charge is 0.279 e. The Hall–Kier alpha value is -3.49. The summed E-state index contributed by atoms with van der Waals surface area (Å²) in [4.78, 5) is 17.4. The Morgan fingerprint density at radius 1 is 1.03 bits per heavy atom. The molecule has 0 aliphatic carbocycles. The number of amides is 1. The van der Waals surface area contributed by atoms with E-state index >= 15 is 0 Å². The SMILES string of the molecule is C#CCn1c(=NC(=O)c2ccc(Cc3ccccc3)cc2)sc2cc(F)ccc21. The Kier molecular flexibility index (Phi) is 5.37. The van der Waals surface area contributed by atoms with Crippen molar-refractivity contribution < 1.29 is 9.18 Å². The molecule has 0 fully saturated rings. The summed E-state index contributed by atoms with van der Waals surface area (Å²) in [5.41, 5.74) is 3.59. The van der Waals surface area contributed by atoms with Crippen molar-refractivity contribution in [2.75, 3.05) is 0 Å². The lowest BCUT2D eigenvalue weighted by Crippen LogP contribution is -2.16. The fourth-order valence-corrected chi connectivity index (χ4v) is 4.18. The summed E-state index contributed by atoms with van der Waals surface area (Å²) in [6.07, 6.45) is 6.27. The van der Waals surface area contributed by atoms with E-state index in [4.69, 9.17) is 6.42 Å². The minimum Gasteiger partial charge on any atom is -0.305 e. The quantitative estimate of drug-likeness (QED) is 0.453. The molecular formula is C24H17FN2OS. The van der Waals surface area contributed by atoms with Crippen LogP contribution in [0, 0.1) is 18.2 Å². The highest BCUT2D eigenvalue weighted by Crippen LogP contribution is 2.19. The fourth-order valence-electron chi connectivity index (χ4n) is 3.12. The molecule has 0 saturated carbocycles. The monoisotopic (exact) mass is 400 g/mol. The average molecular weight is 400 g/mol. The number of hydrogen-bond acceptors (Lipinski definition) is 2. The molecule has 0 unspecified atom stereocenters. The van der Waals surface area contributed by atoms with Crippen molar-refractivity contribution in [3.63, 3.8) is 0 Å². The molecule has 3 nitrogen and oxygen atoms in total. The van der Waals surface area contributed by atoms with Gasteiger partial charge in [0, 0.05) is 5.56 Å². The van der Waals surface area contributed by atoms with E-state index in [0.29, 0.717) is 15.1 Å². The van der Waals surface area contributed by atoms with E-state index in [0.717, 1.165) is 17.5 Å². The summed E-state index contributed by atoms with van der Waals surface area (Å²) >= 11 is 1.25. The van der Waals surface area contributed by atoms with E-state index in [2.05, 4.69) is 23.0 Å². The highest BCUT2D eigenvalue weighted by Gasteiger charge is 2.10. The molecule has 1 aromatic heterocycles. The number of carbonyl (C=O) groups excluding carboxylic acids is 1. The van der Waals surface area contributed by atoms with E-state index in [1.54, 1.807) is 22.8 Å². The predicted octanol–water partition coefficient (Wildman–Crippen LogP) is 4.81. The number of halogens is 1. The minimum atomic E-state index is -0.353. The van der Waals surface area contributed by atoms with Crippen LogP contribution < -0.4 is 4.80 Å². The lowest BCUT2D eigenvalue weighted by molar-refractivity contribution is 0.0998. The summed E-state index contributed by atoms with van der Waals surface area (Å²) in [7, 11) is 0. The van der Waals surface area contributed by atoms with Gasteiger partial charge in [-0.3, -0.25) is 4.79 Å². The van der Waals surface area contributed by atoms with Gasteiger partial charge in [0.05, 0.1) is 16.8 Å². The van der Waals surface area contributed by atoms with Crippen LogP contribution in [-0.4, -0.2) is 10.5 Å². The maximum Gasteiger partial charge on any atom is 0.279 e. The third-order valence-corrected chi connectivity index (χ3v) is 5.58. The summed E-state index contributed by atoms with van der Waals surface area (Å²) in [6.45, 7) is 0.258. The zero-order valence-corrected chi connectivity index (χ0v) is 16.3. The van der Waals surface area contributed by atoms with E-state index < -0.39 is 0 Å². The molecule has 142 valence electrons. The number of benzene rings is 3. The van der Waals surface area contributed by atoms with Gasteiger partial charge in [0.25, 0.3) is 5.91 Å². The van der Waals surface area contributed by atoms with Crippen LogP contribution in [-0.2, 0) is 13.0 Å². The second-order valence-corrected chi connectivity index (χ2v) is 7.57. The number of rotatable bonds is 4. The number of aromatic nitrogens is 1. The van der Waals surface area contributed by atoms with Crippen molar-refractivity contribution in [3.8, 4) is 12.3 Å². The second kappa shape index (κ2) is 8.26. The molecule has 0 atom stereocenters. The van der Waals surface area contributed by atoms with Crippen LogP contribution in [0.2, 0.25) is 0 Å². The van der Waals surface area contributed by atoms with Crippen molar-refractivity contribution in [1.29, 1.82) is 0 Å².